The normalized spacial score (nSPS) is 14.8. The van der Waals surface area contributed by atoms with Gasteiger partial charge in [-0.3, -0.25) is 4.90 Å². The van der Waals surface area contributed by atoms with Crippen molar-refractivity contribution in [1.82, 2.24) is 4.90 Å². The minimum absolute atomic E-state index is 0.341. The third kappa shape index (κ3) is 8.05. The molecule has 0 aliphatic carbocycles. The van der Waals surface area contributed by atoms with Crippen LogP contribution in [0.4, 0.5) is 0 Å². The van der Waals surface area contributed by atoms with E-state index in [1.54, 1.807) is 13.0 Å². The fourth-order valence-electron chi connectivity index (χ4n) is 3.23. The lowest BCUT2D eigenvalue weighted by Crippen LogP contribution is -2.38. The molecule has 0 aliphatic heterocycles. The van der Waals surface area contributed by atoms with Crippen molar-refractivity contribution in [2.75, 3.05) is 6.54 Å². The number of hydrogen-bond acceptors (Lipinski definition) is 2. The van der Waals surface area contributed by atoms with E-state index < -0.39 is 0 Å². The Morgan fingerprint density at radius 2 is 1.65 bits per heavy atom. The van der Waals surface area contributed by atoms with Crippen molar-refractivity contribution in [3.05, 3.63) is 71.5 Å². The number of rotatable bonds is 10. The van der Waals surface area contributed by atoms with Crippen LogP contribution in [0.3, 0.4) is 0 Å². The van der Waals surface area contributed by atoms with E-state index in [0.717, 1.165) is 19.4 Å². The first-order valence-electron chi connectivity index (χ1n) is 9.90. The highest BCUT2D eigenvalue weighted by Gasteiger charge is 2.16. The Bertz CT molecular complexity index is 584. The largest absolute Gasteiger partial charge is 0.513 e. The summed E-state index contributed by atoms with van der Waals surface area (Å²) in [6, 6.07) is 11.9. The lowest BCUT2D eigenvalue weighted by atomic mass is 9.93. The summed E-state index contributed by atoms with van der Waals surface area (Å²) in [6.07, 6.45) is 10.4. The smallest absolute Gasteiger partial charge is 0.0891 e. The lowest BCUT2D eigenvalue weighted by Gasteiger charge is -2.31. The van der Waals surface area contributed by atoms with Gasteiger partial charge in [0.05, 0.1) is 5.76 Å². The van der Waals surface area contributed by atoms with Gasteiger partial charge >= 0.3 is 0 Å². The van der Waals surface area contributed by atoms with E-state index in [-0.39, 0.29) is 0 Å². The molecule has 0 radical (unpaired) electrons. The molecule has 0 saturated carbocycles. The predicted molar refractivity (Wildman–Crippen MR) is 115 cm³/mol. The van der Waals surface area contributed by atoms with Gasteiger partial charge in [0, 0.05) is 18.0 Å². The van der Waals surface area contributed by atoms with Gasteiger partial charge in [-0.25, -0.2) is 0 Å². The van der Waals surface area contributed by atoms with Crippen LogP contribution in [-0.2, 0) is 0 Å². The average molecular weight is 356 g/mol. The average Bonchev–Trinajstić information content (AvgIpc) is 2.60. The molecule has 2 heteroatoms. The molecule has 1 atom stereocenters. The number of aliphatic hydroxyl groups is 1. The Balaban J connectivity index is 2.97. The number of benzene rings is 1. The molecule has 0 saturated heterocycles. The van der Waals surface area contributed by atoms with Crippen molar-refractivity contribution in [2.24, 2.45) is 0 Å². The molecule has 0 aromatic heterocycles. The van der Waals surface area contributed by atoms with Gasteiger partial charge in [-0.05, 0) is 71.2 Å². The zero-order valence-corrected chi connectivity index (χ0v) is 17.4. The molecule has 0 aliphatic rings. The van der Waals surface area contributed by atoms with Gasteiger partial charge in [-0.15, -0.1) is 0 Å². The molecule has 0 spiro atoms. The van der Waals surface area contributed by atoms with Crippen LogP contribution in [0.1, 0.15) is 65.9 Å². The molecule has 0 heterocycles. The minimum atomic E-state index is 0.341. The number of hydrogen-bond donors (Lipinski definition) is 1. The van der Waals surface area contributed by atoms with Crippen molar-refractivity contribution in [1.29, 1.82) is 0 Å². The summed E-state index contributed by atoms with van der Waals surface area (Å²) in [5.74, 6) is 0.735. The Labute approximate surface area is 160 Å². The van der Waals surface area contributed by atoms with E-state index in [4.69, 9.17) is 0 Å². The summed E-state index contributed by atoms with van der Waals surface area (Å²) in [6.45, 7) is 14.0. The highest BCUT2D eigenvalue weighted by molar-refractivity contribution is 5.29. The summed E-state index contributed by atoms with van der Waals surface area (Å²) in [5, 5.41) is 9.39. The molecule has 1 aromatic carbocycles. The molecule has 0 fully saturated rings. The lowest BCUT2D eigenvalue weighted by molar-refractivity contribution is 0.171. The van der Waals surface area contributed by atoms with Crippen molar-refractivity contribution >= 4 is 0 Å². The van der Waals surface area contributed by atoms with E-state index in [0.29, 0.717) is 23.8 Å². The first-order chi connectivity index (χ1) is 12.3. The second kappa shape index (κ2) is 11.7. The molecule has 2 nitrogen and oxygen atoms in total. The Hall–Kier alpha value is -1.80. The predicted octanol–water partition coefficient (Wildman–Crippen LogP) is 6.63. The highest BCUT2D eigenvalue weighted by atomic mass is 16.3. The fraction of sp³-hybridized carbons (Fsp3) is 0.500. The third-order valence-electron chi connectivity index (χ3n) is 4.74. The van der Waals surface area contributed by atoms with Crippen LogP contribution in [-0.4, -0.2) is 28.6 Å². The van der Waals surface area contributed by atoms with Crippen LogP contribution in [0.15, 0.2) is 66.0 Å². The van der Waals surface area contributed by atoms with Crippen molar-refractivity contribution in [2.45, 2.75) is 72.4 Å². The Morgan fingerprint density at radius 3 is 2.15 bits per heavy atom. The first-order valence-corrected chi connectivity index (χ1v) is 9.90. The van der Waals surface area contributed by atoms with Gasteiger partial charge in [0.25, 0.3) is 0 Å². The zero-order chi connectivity index (χ0) is 19.5. The molecule has 1 N–H and O–H groups in total. The zero-order valence-electron chi connectivity index (χ0n) is 17.4. The van der Waals surface area contributed by atoms with Crippen molar-refractivity contribution in [3.8, 4) is 0 Å². The highest BCUT2D eigenvalue weighted by Crippen LogP contribution is 2.24. The summed E-state index contributed by atoms with van der Waals surface area (Å²) >= 11 is 0. The van der Waals surface area contributed by atoms with E-state index in [9.17, 15) is 5.11 Å². The molecule has 1 rings (SSSR count). The number of allylic oxidation sites excluding steroid dienone is 6. The SMILES string of the molecule is CCC(=C/C=C(\C)O)/C=C/C(CCN(C(C)C)C(C)C)c1ccccc1. The molecule has 1 aromatic rings. The maximum atomic E-state index is 9.39. The van der Waals surface area contributed by atoms with E-state index in [2.05, 4.69) is 82.0 Å². The summed E-state index contributed by atoms with van der Waals surface area (Å²) in [5.41, 5.74) is 2.59. The van der Waals surface area contributed by atoms with Gasteiger partial charge in [0.1, 0.15) is 0 Å². The van der Waals surface area contributed by atoms with Crippen LogP contribution in [0, 0.1) is 0 Å². The van der Waals surface area contributed by atoms with Crippen LogP contribution in [0.5, 0.6) is 0 Å². The quantitative estimate of drug-likeness (QED) is 0.376. The maximum absolute atomic E-state index is 9.39. The van der Waals surface area contributed by atoms with E-state index >= 15 is 0 Å². The van der Waals surface area contributed by atoms with Gasteiger partial charge in [-0.2, -0.15) is 0 Å². The fourth-order valence-corrected chi connectivity index (χ4v) is 3.23. The molecule has 0 amide bonds. The second-order valence-electron chi connectivity index (χ2n) is 7.49. The first kappa shape index (κ1) is 22.2. The van der Waals surface area contributed by atoms with Gasteiger partial charge in [0.2, 0.25) is 0 Å². The van der Waals surface area contributed by atoms with Crippen molar-refractivity contribution in [3.63, 3.8) is 0 Å². The minimum Gasteiger partial charge on any atom is -0.513 e. The number of aliphatic hydroxyl groups excluding tert-OH is 1. The molecule has 144 valence electrons. The van der Waals surface area contributed by atoms with Crippen LogP contribution in [0.25, 0.3) is 0 Å². The summed E-state index contributed by atoms with van der Waals surface area (Å²) in [7, 11) is 0. The number of nitrogens with zero attached hydrogens (tertiary/aromatic N) is 1. The molecule has 1 unspecified atom stereocenters. The Kier molecular flexibility index (Phi) is 10.0. The molecule has 0 bridgehead atoms. The second-order valence-corrected chi connectivity index (χ2v) is 7.49. The monoisotopic (exact) mass is 355 g/mol. The third-order valence-corrected chi connectivity index (χ3v) is 4.74. The van der Waals surface area contributed by atoms with Gasteiger partial charge in [0.15, 0.2) is 0 Å². The topological polar surface area (TPSA) is 23.5 Å². The molecular weight excluding hydrogens is 318 g/mol. The van der Waals surface area contributed by atoms with E-state index in [1.165, 1.54) is 11.1 Å². The van der Waals surface area contributed by atoms with Crippen LogP contribution >= 0.6 is 0 Å². The van der Waals surface area contributed by atoms with Crippen LogP contribution in [0.2, 0.25) is 0 Å². The molecular formula is C24H37NO. The Morgan fingerprint density at radius 1 is 1.04 bits per heavy atom. The van der Waals surface area contributed by atoms with Gasteiger partial charge in [-0.1, -0.05) is 55.5 Å². The summed E-state index contributed by atoms with van der Waals surface area (Å²) in [4.78, 5) is 2.55. The summed E-state index contributed by atoms with van der Waals surface area (Å²) < 4.78 is 0. The maximum Gasteiger partial charge on any atom is 0.0891 e. The standard InChI is InChI=1S/C24H37NO/c1-7-22(14-13-21(6)26)15-16-24(23-11-9-8-10-12-23)17-18-25(19(2)3)20(4)5/h8-16,19-20,24,26H,7,17-18H2,1-6H3/b16-15+,21-13+,22-14-. The van der Waals surface area contributed by atoms with Gasteiger partial charge < -0.3 is 5.11 Å². The van der Waals surface area contributed by atoms with E-state index in [1.807, 2.05) is 6.08 Å². The van der Waals surface area contributed by atoms with Crippen LogP contribution < -0.4 is 0 Å². The molecule has 26 heavy (non-hydrogen) atoms. The van der Waals surface area contributed by atoms with Crippen molar-refractivity contribution < 1.29 is 5.11 Å².